The second-order valence-corrected chi connectivity index (χ2v) is 15.0. The van der Waals surface area contributed by atoms with Crippen LogP contribution in [0, 0.1) is 0 Å². The number of fused-ring (bicyclic) bond motifs is 1. The van der Waals surface area contributed by atoms with E-state index in [1.165, 1.54) is 11.8 Å². The topological polar surface area (TPSA) is 212 Å². The number of thioether (sulfide) groups is 2. The third kappa shape index (κ3) is 12.7. The second kappa shape index (κ2) is 21.1. The van der Waals surface area contributed by atoms with Crippen molar-refractivity contribution in [2.75, 3.05) is 80.5 Å². The lowest BCUT2D eigenvalue weighted by molar-refractivity contribution is -0.138. The van der Waals surface area contributed by atoms with E-state index >= 15 is 0 Å². The molecule has 0 radical (unpaired) electrons. The van der Waals surface area contributed by atoms with Gasteiger partial charge in [0.05, 0.1) is 24.9 Å². The molecule has 3 aromatic rings. The van der Waals surface area contributed by atoms with Crippen LogP contribution in [0.3, 0.4) is 0 Å². The minimum absolute atomic E-state index is 0.0337. The van der Waals surface area contributed by atoms with Gasteiger partial charge < -0.3 is 46.7 Å². The number of carboxylic acid groups (broad SMARTS) is 1. The van der Waals surface area contributed by atoms with Crippen molar-refractivity contribution < 1.29 is 24.3 Å². The van der Waals surface area contributed by atoms with Gasteiger partial charge in [0.25, 0.3) is 5.91 Å². The molecule has 52 heavy (non-hydrogen) atoms. The highest BCUT2D eigenvalue weighted by Crippen LogP contribution is 2.27. The zero-order valence-electron chi connectivity index (χ0n) is 30.5. The van der Waals surface area contributed by atoms with Gasteiger partial charge in [0.1, 0.15) is 17.3 Å². The number of benzene rings is 1. The molecular formula is C35H54N10O5S2. The number of methoxy groups -OCH3 is 1. The third-order valence-electron chi connectivity index (χ3n) is 8.44. The SMILES string of the molecule is CCCCCNc1nc(N)nc2ccn(Cc3ccc(CN4CCN(C(=O)CO/N=C(/CSCC(C)N)CSC[C@H](N)C(=O)O)CC4)cc3OC)c12. The Labute approximate surface area is 314 Å². The van der Waals surface area contributed by atoms with Crippen molar-refractivity contribution in [1.29, 1.82) is 0 Å². The number of nitrogen functional groups attached to an aromatic ring is 1. The predicted octanol–water partition coefficient (Wildman–Crippen LogP) is 2.91. The van der Waals surface area contributed by atoms with Crippen LogP contribution in [-0.4, -0.2) is 129 Å². The average molecular weight is 759 g/mol. The van der Waals surface area contributed by atoms with E-state index in [1.54, 1.807) is 23.8 Å². The van der Waals surface area contributed by atoms with Crippen LogP contribution >= 0.6 is 23.5 Å². The summed E-state index contributed by atoms with van der Waals surface area (Å²) in [5.41, 5.74) is 22.1. The summed E-state index contributed by atoms with van der Waals surface area (Å²) in [5.74, 6) is 2.65. The van der Waals surface area contributed by atoms with Gasteiger partial charge in [-0.15, -0.1) is 0 Å². The first-order valence-electron chi connectivity index (χ1n) is 17.7. The Kier molecular flexibility index (Phi) is 16.6. The maximum Gasteiger partial charge on any atom is 0.321 e. The van der Waals surface area contributed by atoms with E-state index in [0.717, 1.165) is 84.9 Å². The first-order valence-corrected chi connectivity index (χ1v) is 20.0. The summed E-state index contributed by atoms with van der Waals surface area (Å²) in [7, 11) is 1.69. The number of carbonyl (C=O) groups is 2. The molecule has 1 saturated heterocycles. The summed E-state index contributed by atoms with van der Waals surface area (Å²) in [6, 6.07) is 7.36. The lowest BCUT2D eigenvalue weighted by Crippen LogP contribution is -2.49. The average Bonchev–Trinajstić information content (AvgIpc) is 3.52. The molecule has 1 fully saturated rings. The van der Waals surface area contributed by atoms with E-state index in [0.29, 0.717) is 36.9 Å². The van der Waals surface area contributed by atoms with E-state index in [2.05, 4.69) is 55.0 Å². The van der Waals surface area contributed by atoms with E-state index in [4.69, 9.17) is 31.9 Å². The quantitative estimate of drug-likeness (QED) is 0.0567. The summed E-state index contributed by atoms with van der Waals surface area (Å²) in [5, 5.41) is 16.7. The summed E-state index contributed by atoms with van der Waals surface area (Å²) in [6.07, 6.45) is 5.35. The molecule has 2 aromatic heterocycles. The Bertz CT molecular complexity index is 1630. The van der Waals surface area contributed by atoms with Crippen LogP contribution < -0.4 is 27.3 Å². The van der Waals surface area contributed by atoms with E-state index in [9.17, 15) is 9.59 Å². The summed E-state index contributed by atoms with van der Waals surface area (Å²) < 4.78 is 7.96. The molecule has 0 saturated carbocycles. The van der Waals surface area contributed by atoms with Gasteiger partial charge in [0.2, 0.25) is 5.95 Å². The van der Waals surface area contributed by atoms with Crippen LogP contribution in [0.15, 0.2) is 35.6 Å². The number of piperazine rings is 1. The number of nitrogens with two attached hydrogens (primary N) is 3. The lowest BCUT2D eigenvalue weighted by atomic mass is 10.1. The number of carbonyl (C=O) groups excluding carboxylic acids is 1. The molecule has 3 heterocycles. The number of hydrogen-bond acceptors (Lipinski definition) is 14. The first kappa shape index (κ1) is 41.0. The Balaban J connectivity index is 1.29. The normalized spacial score (nSPS) is 15.1. The number of nitrogens with zero attached hydrogens (tertiary/aromatic N) is 6. The zero-order valence-corrected chi connectivity index (χ0v) is 32.1. The Morgan fingerprint density at radius 3 is 2.50 bits per heavy atom. The molecule has 2 atom stereocenters. The largest absolute Gasteiger partial charge is 0.496 e. The molecule has 1 aliphatic rings. The molecule has 286 valence electrons. The highest BCUT2D eigenvalue weighted by atomic mass is 32.2. The number of unbranched alkanes of at least 4 members (excludes halogenated alkanes) is 2. The molecular weight excluding hydrogens is 705 g/mol. The van der Waals surface area contributed by atoms with Gasteiger partial charge in [0, 0.05) is 80.1 Å². The minimum Gasteiger partial charge on any atom is -0.496 e. The fourth-order valence-electron chi connectivity index (χ4n) is 5.68. The zero-order chi connectivity index (χ0) is 37.5. The van der Waals surface area contributed by atoms with E-state index < -0.39 is 12.0 Å². The first-order chi connectivity index (χ1) is 25.1. The van der Waals surface area contributed by atoms with Gasteiger partial charge in [-0.25, -0.2) is 4.98 Å². The monoisotopic (exact) mass is 758 g/mol. The molecule has 1 aliphatic heterocycles. The van der Waals surface area contributed by atoms with E-state index in [1.807, 2.05) is 19.2 Å². The standard InChI is InChI=1S/C35H54N10O5S2/c1-4-5-6-10-39-33-32-29(40-35(38)41-33)9-11-45(32)18-26-8-7-25(16-30(26)49-3)17-43-12-14-44(15-13-43)31(46)19-50-42-27(21-51-20-24(2)36)22-52-23-28(37)34(47)48/h7-9,11,16,24,28H,4-6,10,12-15,17-23,36-37H2,1-3H3,(H,47,48)(H3,38,39,40,41)/b42-27-/t24?,28-/m0/s1. The predicted molar refractivity (Wildman–Crippen MR) is 211 cm³/mol. The number of anilines is 2. The molecule has 8 N–H and O–H groups in total. The number of nitrogens with one attached hydrogen (secondary N) is 1. The van der Waals surface area contributed by atoms with Crippen LogP contribution in [0.1, 0.15) is 44.2 Å². The van der Waals surface area contributed by atoms with Crippen LogP contribution in [0.25, 0.3) is 11.0 Å². The number of ether oxygens (including phenoxy) is 1. The fourth-order valence-corrected chi connectivity index (χ4v) is 7.59. The van der Waals surface area contributed by atoms with Gasteiger partial charge in [-0.3, -0.25) is 14.5 Å². The number of rotatable bonds is 22. The molecule has 17 heteroatoms. The highest BCUT2D eigenvalue weighted by molar-refractivity contribution is 8.01. The van der Waals surface area contributed by atoms with Crippen molar-refractivity contribution in [1.82, 2.24) is 24.3 Å². The van der Waals surface area contributed by atoms with Gasteiger partial charge in [0.15, 0.2) is 12.4 Å². The molecule has 0 spiro atoms. The summed E-state index contributed by atoms with van der Waals surface area (Å²) in [4.78, 5) is 42.5. The maximum atomic E-state index is 12.9. The molecule has 1 unspecified atom stereocenters. The van der Waals surface area contributed by atoms with Crippen LogP contribution in [0.5, 0.6) is 5.75 Å². The van der Waals surface area contributed by atoms with Crippen molar-refractivity contribution in [2.45, 2.75) is 58.3 Å². The highest BCUT2D eigenvalue weighted by Gasteiger charge is 2.22. The van der Waals surface area contributed by atoms with Crippen molar-refractivity contribution in [2.24, 2.45) is 16.6 Å². The van der Waals surface area contributed by atoms with Crippen molar-refractivity contribution in [3.8, 4) is 5.75 Å². The van der Waals surface area contributed by atoms with Crippen molar-refractivity contribution in [3.05, 3.63) is 41.6 Å². The second-order valence-electron chi connectivity index (χ2n) is 12.9. The number of aromatic nitrogens is 3. The Morgan fingerprint density at radius 2 is 1.81 bits per heavy atom. The summed E-state index contributed by atoms with van der Waals surface area (Å²) >= 11 is 2.98. The van der Waals surface area contributed by atoms with Crippen molar-refractivity contribution in [3.63, 3.8) is 0 Å². The van der Waals surface area contributed by atoms with Gasteiger partial charge in [-0.1, -0.05) is 37.1 Å². The lowest BCUT2D eigenvalue weighted by Gasteiger charge is -2.34. The minimum atomic E-state index is -1.04. The van der Waals surface area contributed by atoms with Crippen LogP contribution in [0.4, 0.5) is 11.8 Å². The maximum absolute atomic E-state index is 12.9. The molecule has 4 rings (SSSR count). The number of amides is 1. The number of carboxylic acids is 1. The van der Waals surface area contributed by atoms with Gasteiger partial charge in [-0.05, 0) is 31.0 Å². The molecule has 15 nitrogen and oxygen atoms in total. The number of aliphatic carboxylic acids is 1. The molecule has 1 aromatic carbocycles. The van der Waals surface area contributed by atoms with E-state index in [-0.39, 0.29) is 30.3 Å². The van der Waals surface area contributed by atoms with Crippen molar-refractivity contribution >= 4 is 63.9 Å². The van der Waals surface area contributed by atoms with Crippen LogP contribution in [-0.2, 0) is 27.5 Å². The van der Waals surface area contributed by atoms with Gasteiger partial charge >= 0.3 is 5.97 Å². The smallest absolute Gasteiger partial charge is 0.321 e. The Morgan fingerprint density at radius 1 is 1.06 bits per heavy atom. The summed E-state index contributed by atoms with van der Waals surface area (Å²) in [6.45, 7) is 8.71. The number of hydrogen-bond donors (Lipinski definition) is 5. The molecule has 1 amide bonds. The van der Waals surface area contributed by atoms with Gasteiger partial charge in [-0.2, -0.15) is 28.5 Å². The third-order valence-corrected chi connectivity index (χ3v) is 10.9. The number of oxime groups is 1. The van der Waals surface area contributed by atoms with Crippen LogP contribution in [0.2, 0.25) is 0 Å². The fraction of sp³-hybridized carbons (Fsp3) is 0.571. The molecule has 0 bridgehead atoms. The Hall–Kier alpha value is -3.77. The molecule has 0 aliphatic carbocycles.